The van der Waals surface area contributed by atoms with Crippen LogP contribution in [0, 0.1) is 0 Å². The van der Waals surface area contributed by atoms with Crippen LogP contribution in [0.25, 0.3) is 0 Å². The highest BCUT2D eigenvalue weighted by atomic mass is 32.2. The van der Waals surface area contributed by atoms with Crippen molar-refractivity contribution >= 4 is 23.4 Å². The fourth-order valence-corrected chi connectivity index (χ4v) is 2.10. The molecule has 3 nitrogen and oxygen atoms in total. The van der Waals surface area contributed by atoms with Gasteiger partial charge in [0, 0.05) is 16.1 Å². The quantitative estimate of drug-likeness (QED) is 0.823. The van der Waals surface area contributed by atoms with Crippen LogP contribution in [0.4, 0.5) is 5.69 Å². The Morgan fingerprint density at radius 2 is 1.89 bits per heavy atom. The summed E-state index contributed by atoms with van der Waals surface area (Å²) >= 11 is 1.67. The van der Waals surface area contributed by atoms with Crippen molar-refractivity contribution in [2.45, 2.75) is 44.2 Å². The van der Waals surface area contributed by atoms with Crippen LogP contribution in [-0.4, -0.2) is 23.7 Å². The van der Waals surface area contributed by atoms with E-state index in [2.05, 4.69) is 10.6 Å². The number of nitrogens with one attached hydrogen (secondary N) is 2. The topological polar surface area (TPSA) is 41.1 Å². The predicted molar refractivity (Wildman–Crippen MR) is 79.2 cm³/mol. The van der Waals surface area contributed by atoms with Crippen molar-refractivity contribution in [2.75, 3.05) is 11.6 Å². The minimum absolute atomic E-state index is 0.0124. The lowest BCUT2D eigenvalue weighted by molar-refractivity contribution is -0.122. The molecule has 0 spiro atoms. The molecule has 18 heavy (non-hydrogen) atoms. The Hall–Kier alpha value is -1.16. The second-order valence-corrected chi connectivity index (χ2v) is 6.15. The summed E-state index contributed by atoms with van der Waals surface area (Å²) in [5.74, 6) is 0.0124. The maximum Gasteiger partial charge on any atom is 0.242 e. The molecule has 0 fully saturated rings. The van der Waals surface area contributed by atoms with Crippen molar-refractivity contribution in [3.05, 3.63) is 24.3 Å². The second-order valence-electron chi connectivity index (χ2n) is 5.31. The van der Waals surface area contributed by atoms with Gasteiger partial charge in [0.1, 0.15) is 6.04 Å². The third-order valence-corrected chi connectivity index (χ3v) is 3.17. The summed E-state index contributed by atoms with van der Waals surface area (Å²) in [6, 6.07) is 7.75. The molecule has 0 bridgehead atoms. The number of carbonyl (C=O) groups excluding carboxylic acids is 1. The number of rotatable bonds is 4. The smallest absolute Gasteiger partial charge is 0.242 e. The van der Waals surface area contributed by atoms with E-state index < -0.39 is 0 Å². The molecule has 1 unspecified atom stereocenters. The summed E-state index contributed by atoms with van der Waals surface area (Å²) in [6.07, 6.45) is 2.03. The molecular weight excluding hydrogens is 244 g/mol. The Morgan fingerprint density at radius 3 is 2.44 bits per heavy atom. The SMILES string of the molecule is CSc1ccccc1NC(C)C(=O)NC(C)(C)C. The molecule has 1 amide bonds. The van der Waals surface area contributed by atoms with Crippen LogP contribution < -0.4 is 10.6 Å². The molecular formula is C14H22N2OS. The van der Waals surface area contributed by atoms with Crippen molar-refractivity contribution < 1.29 is 4.79 Å². The van der Waals surface area contributed by atoms with E-state index in [1.54, 1.807) is 11.8 Å². The first-order valence-electron chi connectivity index (χ1n) is 6.05. The largest absolute Gasteiger partial charge is 0.373 e. The predicted octanol–water partition coefficient (Wildman–Crippen LogP) is 3.12. The lowest BCUT2D eigenvalue weighted by Crippen LogP contribution is -2.47. The van der Waals surface area contributed by atoms with Gasteiger partial charge in [-0.3, -0.25) is 4.79 Å². The van der Waals surface area contributed by atoms with E-state index >= 15 is 0 Å². The van der Waals surface area contributed by atoms with Crippen molar-refractivity contribution in [1.82, 2.24) is 5.32 Å². The highest BCUT2D eigenvalue weighted by Crippen LogP contribution is 2.25. The van der Waals surface area contributed by atoms with Crippen LogP contribution in [0.3, 0.4) is 0 Å². The summed E-state index contributed by atoms with van der Waals surface area (Å²) in [5, 5.41) is 6.22. The molecule has 0 heterocycles. The lowest BCUT2D eigenvalue weighted by atomic mass is 10.1. The summed E-state index contributed by atoms with van der Waals surface area (Å²) in [5.41, 5.74) is 0.799. The Labute approximate surface area is 114 Å². The average molecular weight is 266 g/mol. The highest BCUT2D eigenvalue weighted by molar-refractivity contribution is 7.98. The van der Waals surface area contributed by atoms with Gasteiger partial charge in [-0.2, -0.15) is 0 Å². The molecule has 0 aromatic heterocycles. The molecule has 1 aromatic rings. The molecule has 1 rings (SSSR count). The Morgan fingerprint density at radius 1 is 1.28 bits per heavy atom. The Kier molecular flexibility index (Phi) is 5.08. The van der Waals surface area contributed by atoms with Crippen LogP contribution in [0.5, 0.6) is 0 Å². The lowest BCUT2D eigenvalue weighted by Gasteiger charge is -2.24. The van der Waals surface area contributed by atoms with Crippen LogP contribution in [-0.2, 0) is 4.79 Å². The minimum atomic E-state index is -0.252. The second kappa shape index (κ2) is 6.14. The Balaban J connectivity index is 2.69. The summed E-state index contributed by atoms with van der Waals surface area (Å²) in [7, 11) is 0. The van der Waals surface area contributed by atoms with E-state index in [1.807, 2.05) is 58.2 Å². The van der Waals surface area contributed by atoms with E-state index in [0.717, 1.165) is 10.6 Å². The zero-order chi connectivity index (χ0) is 13.8. The third kappa shape index (κ3) is 4.61. The van der Waals surface area contributed by atoms with Gasteiger partial charge in [-0.1, -0.05) is 12.1 Å². The first-order valence-corrected chi connectivity index (χ1v) is 7.27. The van der Waals surface area contributed by atoms with Crippen molar-refractivity contribution in [3.63, 3.8) is 0 Å². The van der Waals surface area contributed by atoms with E-state index in [1.165, 1.54) is 0 Å². The first-order chi connectivity index (χ1) is 8.33. The van der Waals surface area contributed by atoms with E-state index in [9.17, 15) is 4.79 Å². The van der Waals surface area contributed by atoms with Gasteiger partial charge in [0.25, 0.3) is 0 Å². The van der Waals surface area contributed by atoms with Crippen molar-refractivity contribution in [3.8, 4) is 0 Å². The standard InChI is InChI=1S/C14H22N2OS/c1-10(13(17)16-14(2,3)4)15-11-8-6-7-9-12(11)18-5/h6-10,15H,1-5H3,(H,16,17). The number of carbonyl (C=O) groups is 1. The molecule has 100 valence electrons. The van der Waals surface area contributed by atoms with Crippen LogP contribution in [0.15, 0.2) is 29.2 Å². The molecule has 4 heteroatoms. The number of amides is 1. The first kappa shape index (κ1) is 14.9. The molecule has 1 aromatic carbocycles. The van der Waals surface area contributed by atoms with Gasteiger partial charge in [-0.05, 0) is 46.1 Å². The normalized spacial score (nSPS) is 12.9. The number of thioether (sulfide) groups is 1. The van der Waals surface area contributed by atoms with Crippen molar-refractivity contribution in [1.29, 1.82) is 0 Å². The van der Waals surface area contributed by atoms with Gasteiger partial charge >= 0.3 is 0 Å². The molecule has 0 aliphatic carbocycles. The number of hydrogen-bond donors (Lipinski definition) is 2. The zero-order valence-electron chi connectivity index (χ0n) is 11.7. The molecule has 0 saturated carbocycles. The molecule has 1 atom stereocenters. The number of hydrogen-bond acceptors (Lipinski definition) is 3. The van der Waals surface area contributed by atoms with E-state index in [-0.39, 0.29) is 17.5 Å². The molecule has 0 saturated heterocycles. The highest BCUT2D eigenvalue weighted by Gasteiger charge is 2.19. The number of anilines is 1. The Bertz CT molecular complexity index is 413. The van der Waals surface area contributed by atoms with Crippen LogP contribution >= 0.6 is 11.8 Å². The summed E-state index contributed by atoms with van der Waals surface area (Å²) < 4.78 is 0. The number of benzene rings is 1. The number of para-hydroxylation sites is 1. The van der Waals surface area contributed by atoms with Gasteiger partial charge in [-0.25, -0.2) is 0 Å². The maximum atomic E-state index is 12.0. The van der Waals surface area contributed by atoms with Gasteiger partial charge < -0.3 is 10.6 Å². The van der Waals surface area contributed by atoms with Crippen molar-refractivity contribution in [2.24, 2.45) is 0 Å². The third-order valence-electron chi connectivity index (χ3n) is 2.37. The zero-order valence-corrected chi connectivity index (χ0v) is 12.5. The van der Waals surface area contributed by atoms with Gasteiger partial charge in [0.15, 0.2) is 0 Å². The van der Waals surface area contributed by atoms with Crippen LogP contribution in [0.1, 0.15) is 27.7 Å². The van der Waals surface area contributed by atoms with Gasteiger partial charge in [0.2, 0.25) is 5.91 Å². The minimum Gasteiger partial charge on any atom is -0.373 e. The maximum absolute atomic E-state index is 12.0. The average Bonchev–Trinajstić information content (AvgIpc) is 2.27. The molecule has 0 aliphatic rings. The molecule has 0 aliphatic heterocycles. The van der Waals surface area contributed by atoms with Crippen LogP contribution in [0.2, 0.25) is 0 Å². The van der Waals surface area contributed by atoms with E-state index in [0.29, 0.717) is 0 Å². The summed E-state index contributed by atoms with van der Waals surface area (Å²) in [4.78, 5) is 13.1. The molecule has 0 radical (unpaired) electrons. The molecule has 2 N–H and O–H groups in total. The van der Waals surface area contributed by atoms with Gasteiger partial charge in [-0.15, -0.1) is 11.8 Å². The van der Waals surface area contributed by atoms with Gasteiger partial charge in [0.05, 0.1) is 0 Å². The summed E-state index contributed by atoms with van der Waals surface area (Å²) in [6.45, 7) is 7.81. The van der Waals surface area contributed by atoms with E-state index in [4.69, 9.17) is 0 Å². The monoisotopic (exact) mass is 266 g/mol. The fraction of sp³-hybridized carbons (Fsp3) is 0.500. The fourth-order valence-electron chi connectivity index (χ4n) is 1.54.